The highest BCUT2D eigenvalue weighted by Crippen LogP contribution is 2.12. The summed E-state index contributed by atoms with van der Waals surface area (Å²) < 4.78 is 5.09. The van der Waals surface area contributed by atoms with E-state index in [0.29, 0.717) is 0 Å². The normalized spacial score (nSPS) is 11.4. The first-order valence-electron chi connectivity index (χ1n) is 3.75. The minimum atomic E-state index is -0.540. The molecule has 0 bridgehead atoms. The lowest BCUT2D eigenvalue weighted by Crippen LogP contribution is -2.27. The van der Waals surface area contributed by atoms with E-state index in [9.17, 15) is 4.79 Å². The van der Waals surface area contributed by atoms with Crippen LogP contribution in [0.5, 0.6) is 0 Å². The van der Waals surface area contributed by atoms with Crippen molar-refractivity contribution in [3.63, 3.8) is 0 Å². The van der Waals surface area contributed by atoms with Crippen LogP contribution in [0, 0.1) is 5.92 Å². The lowest BCUT2D eigenvalue weighted by atomic mass is 10.1. The molecule has 2 nitrogen and oxygen atoms in total. The lowest BCUT2D eigenvalue weighted by molar-refractivity contribution is -0.156. The summed E-state index contributed by atoms with van der Waals surface area (Å²) in [7, 11) is 0. The first kappa shape index (κ1) is 10.2. The molecule has 0 aliphatic heterocycles. The van der Waals surface area contributed by atoms with Crippen molar-refractivity contribution in [3.05, 3.63) is 12.7 Å². The Hall–Kier alpha value is -0.790. The van der Waals surface area contributed by atoms with Crippen LogP contribution in [0.2, 0.25) is 0 Å². The zero-order chi connectivity index (χ0) is 9.07. The quantitative estimate of drug-likeness (QED) is 0.462. The zero-order valence-corrected chi connectivity index (χ0v) is 7.68. The molecule has 0 fully saturated rings. The molecule has 11 heavy (non-hydrogen) atoms. The SMILES string of the molecule is C=CC(C)(C)OC(=O)C(C)C. The van der Waals surface area contributed by atoms with Gasteiger partial charge in [-0.25, -0.2) is 0 Å². The van der Waals surface area contributed by atoms with Gasteiger partial charge in [-0.2, -0.15) is 0 Å². The predicted octanol–water partition coefficient (Wildman–Crippen LogP) is 2.15. The van der Waals surface area contributed by atoms with E-state index in [0.717, 1.165) is 0 Å². The molecule has 0 saturated heterocycles. The van der Waals surface area contributed by atoms with E-state index < -0.39 is 5.60 Å². The Bertz CT molecular complexity index is 157. The molecule has 0 heterocycles. The standard InChI is InChI=1S/C9H16O2/c1-6-9(4,5)11-8(10)7(2)3/h6-7H,1H2,2-5H3. The molecule has 0 aromatic heterocycles. The smallest absolute Gasteiger partial charge is 0.309 e. The van der Waals surface area contributed by atoms with Crippen LogP contribution in [0.4, 0.5) is 0 Å². The number of hydrogen-bond acceptors (Lipinski definition) is 2. The van der Waals surface area contributed by atoms with Gasteiger partial charge >= 0.3 is 5.97 Å². The molecular formula is C9H16O2. The summed E-state index contributed by atoms with van der Waals surface area (Å²) in [6.45, 7) is 10.8. The summed E-state index contributed by atoms with van der Waals surface area (Å²) in [6.07, 6.45) is 1.62. The van der Waals surface area contributed by atoms with Crippen LogP contribution in [0.3, 0.4) is 0 Å². The Morgan fingerprint density at radius 2 is 2.00 bits per heavy atom. The molecule has 0 atom stereocenters. The van der Waals surface area contributed by atoms with E-state index in [4.69, 9.17) is 4.74 Å². The maximum atomic E-state index is 11.0. The molecule has 2 heteroatoms. The number of hydrogen-bond donors (Lipinski definition) is 0. The Kier molecular flexibility index (Phi) is 3.30. The summed E-state index contributed by atoms with van der Waals surface area (Å²) >= 11 is 0. The van der Waals surface area contributed by atoms with Crippen LogP contribution >= 0.6 is 0 Å². The third kappa shape index (κ3) is 3.81. The van der Waals surface area contributed by atoms with Gasteiger partial charge in [0.2, 0.25) is 0 Å². The number of rotatable bonds is 3. The molecule has 0 rings (SSSR count). The van der Waals surface area contributed by atoms with Crippen LogP contribution in [0.1, 0.15) is 27.7 Å². The maximum Gasteiger partial charge on any atom is 0.309 e. The Labute approximate surface area is 68.2 Å². The molecule has 0 aromatic rings. The van der Waals surface area contributed by atoms with E-state index >= 15 is 0 Å². The summed E-state index contributed by atoms with van der Waals surface area (Å²) in [6, 6.07) is 0. The van der Waals surface area contributed by atoms with Gasteiger partial charge in [-0.3, -0.25) is 4.79 Å². The maximum absolute atomic E-state index is 11.0. The lowest BCUT2D eigenvalue weighted by Gasteiger charge is -2.21. The molecule has 0 aliphatic carbocycles. The van der Waals surface area contributed by atoms with Crippen molar-refractivity contribution in [2.45, 2.75) is 33.3 Å². The third-order valence-electron chi connectivity index (χ3n) is 1.33. The molecule has 0 aromatic carbocycles. The molecule has 64 valence electrons. The van der Waals surface area contributed by atoms with Crippen molar-refractivity contribution in [2.24, 2.45) is 5.92 Å². The Morgan fingerprint density at radius 3 is 2.27 bits per heavy atom. The van der Waals surface area contributed by atoms with E-state index in [2.05, 4.69) is 6.58 Å². The first-order valence-corrected chi connectivity index (χ1v) is 3.75. The van der Waals surface area contributed by atoms with E-state index in [1.807, 2.05) is 13.8 Å². The summed E-state index contributed by atoms with van der Waals surface area (Å²) in [5, 5.41) is 0. The molecule has 0 amide bonds. The van der Waals surface area contributed by atoms with Gasteiger partial charge in [-0.1, -0.05) is 20.4 Å². The van der Waals surface area contributed by atoms with Crippen LogP contribution in [-0.2, 0) is 9.53 Å². The number of ether oxygens (including phenoxy) is 1. The zero-order valence-electron chi connectivity index (χ0n) is 7.68. The molecular weight excluding hydrogens is 140 g/mol. The van der Waals surface area contributed by atoms with Gasteiger partial charge in [0.15, 0.2) is 0 Å². The van der Waals surface area contributed by atoms with Crippen LogP contribution in [-0.4, -0.2) is 11.6 Å². The monoisotopic (exact) mass is 156 g/mol. The summed E-state index contributed by atoms with van der Waals surface area (Å²) in [4.78, 5) is 11.0. The van der Waals surface area contributed by atoms with E-state index in [1.165, 1.54) is 0 Å². The van der Waals surface area contributed by atoms with Gasteiger partial charge in [-0.05, 0) is 19.9 Å². The van der Waals surface area contributed by atoms with Crippen molar-refractivity contribution in [1.29, 1.82) is 0 Å². The fourth-order valence-electron chi connectivity index (χ4n) is 0.419. The average Bonchev–Trinajstić information content (AvgIpc) is 1.87. The molecule has 0 N–H and O–H groups in total. The van der Waals surface area contributed by atoms with Crippen molar-refractivity contribution >= 4 is 5.97 Å². The summed E-state index contributed by atoms with van der Waals surface area (Å²) in [5.74, 6) is -0.260. The fourth-order valence-corrected chi connectivity index (χ4v) is 0.419. The molecule has 0 unspecified atom stereocenters. The first-order chi connectivity index (χ1) is 4.89. The fraction of sp³-hybridized carbons (Fsp3) is 0.667. The van der Waals surface area contributed by atoms with E-state index in [-0.39, 0.29) is 11.9 Å². The second kappa shape index (κ2) is 3.56. The molecule has 0 saturated carbocycles. The minimum absolute atomic E-state index is 0.0748. The molecule has 0 spiro atoms. The second-order valence-electron chi connectivity index (χ2n) is 3.38. The number of carbonyl (C=O) groups excluding carboxylic acids is 1. The van der Waals surface area contributed by atoms with Gasteiger partial charge in [-0.15, -0.1) is 0 Å². The van der Waals surface area contributed by atoms with Crippen molar-refractivity contribution in [1.82, 2.24) is 0 Å². The highest BCUT2D eigenvalue weighted by Gasteiger charge is 2.20. The Balaban J connectivity index is 4.04. The van der Waals surface area contributed by atoms with Crippen molar-refractivity contribution in [2.75, 3.05) is 0 Å². The number of esters is 1. The number of carbonyl (C=O) groups is 1. The average molecular weight is 156 g/mol. The summed E-state index contributed by atoms with van der Waals surface area (Å²) in [5.41, 5.74) is -0.540. The van der Waals surface area contributed by atoms with Gasteiger partial charge in [0.1, 0.15) is 5.60 Å². The minimum Gasteiger partial charge on any atom is -0.455 e. The van der Waals surface area contributed by atoms with Gasteiger partial charge in [0.25, 0.3) is 0 Å². The highest BCUT2D eigenvalue weighted by atomic mass is 16.6. The molecule has 0 aliphatic rings. The van der Waals surface area contributed by atoms with Crippen molar-refractivity contribution < 1.29 is 9.53 Å². The third-order valence-corrected chi connectivity index (χ3v) is 1.33. The highest BCUT2D eigenvalue weighted by molar-refractivity contribution is 5.72. The largest absolute Gasteiger partial charge is 0.455 e. The predicted molar refractivity (Wildman–Crippen MR) is 45.2 cm³/mol. The van der Waals surface area contributed by atoms with Gasteiger partial charge in [0.05, 0.1) is 5.92 Å². The topological polar surface area (TPSA) is 26.3 Å². The van der Waals surface area contributed by atoms with Crippen LogP contribution < -0.4 is 0 Å². The Morgan fingerprint density at radius 1 is 1.55 bits per heavy atom. The van der Waals surface area contributed by atoms with E-state index in [1.54, 1.807) is 19.9 Å². The van der Waals surface area contributed by atoms with Crippen molar-refractivity contribution in [3.8, 4) is 0 Å². The molecule has 0 radical (unpaired) electrons. The van der Waals surface area contributed by atoms with Crippen LogP contribution in [0.25, 0.3) is 0 Å². The van der Waals surface area contributed by atoms with Crippen LogP contribution in [0.15, 0.2) is 12.7 Å². The van der Waals surface area contributed by atoms with Gasteiger partial charge < -0.3 is 4.74 Å². The second-order valence-corrected chi connectivity index (χ2v) is 3.38. The van der Waals surface area contributed by atoms with Gasteiger partial charge in [0, 0.05) is 0 Å².